The van der Waals surface area contributed by atoms with Crippen molar-refractivity contribution in [3.63, 3.8) is 0 Å². The Bertz CT molecular complexity index is 666. The number of phenols is 2. The van der Waals surface area contributed by atoms with Gasteiger partial charge in [0.25, 0.3) is 0 Å². The van der Waals surface area contributed by atoms with Crippen LogP contribution in [0.25, 0.3) is 0 Å². The SMILES string of the molecule is O=C(O)/C=C/C(=O)O.Oc1ccc2c(c1O)CCC(NC1CC1)C2O. The van der Waals surface area contributed by atoms with Gasteiger partial charge in [0.2, 0.25) is 0 Å². The van der Waals surface area contributed by atoms with Crippen LogP contribution < -0.4 is 5.32 Å². The highest BCUT2D eigenvalue weighted by molar-refractivity contribution is 5.89. The summed E-state index contributed by atoms with van der Waals surface area (Å²) in [5, 5.41) is 48.5. The Morgan fingerprint density at radius 2 is 1.64 bits per heavy atom. The summed E-state index contributed by atoms with van der Waals surface area (Å²) in [6.45, 7) is 0. The van der Waals surface area contributed by atoms with E-state index in [4.69, 9.17) is 10.2 Å². The van der Waals surface area contributed by atoms with Crippen molar-refractivity contribution in [3.05, 3.63) is 35.4 Å². The number of phenolic OH excluding ortho intramolecular Hbond substituents is 2. The normalized spacial score (nSPS) is 22.0. The van der Waals surface area contributed by atoms with Crippen molar-refractivity contribution in [2.45, 2.75) is 43.9 Å². The largest absolute Gasteiger partial charge is 0.504 e. The molecule has 3 rings (SSSR count). The summed E-state index contributed by atoms with van der Waals surface area (Å²) in [6, 6.07) is 3.77. The summed E-state index contributed by atoms with van der Waals surface area (Å²) in [7, 11) is 0. The number of carboxylic acid groups (broad SMARTS) is 2. The van der Waals surface area contributed by atoms with Crippen molar-refractivity contribution < 1.29 is 35.1 Å². The molecule has 0 heterocycles. The highest BCUT2D eigenvalue weighted by Crippen LogP contribution is 2.40. The molecule has 0 saturated heterocycles. The summed E-state index contributed by atoms with van der Waals surface area (Å²) >= 11 is 0. The number of benzene rings is 1. The smallest absolute Gasteiger partial charge is 0.328 e. The third kappa shape index (κ3) is 5.20. The van der Waals surface area contributed by atoms with Crippen LogP contribution in [0.3, 0.4) is 0 Å². The molecule has 6 N–H and O–H groups in total. The van der Waals surface area contributed by atoms with E-state index in [1.807, 2.05) is 0 Å². The number of carboxylic acids is 2. The lowest BCUT2D eigenvalue weighted by atomic mass is 9.85. The van der Waals surface area contributed by atoms with Gasteiger partial charge in [-0.2, -0.15) is 0 Å². The van der Waals surface area contributed by atoms with E-state index in [-0.39, 0.29) is 17.5 Å². The van der Waals surface area contributed by atoms with Crippen LogP contribution in [0, 0.1) is 0 Å². The van der Waals surface area contributed by atoms with Gasteiger partial charge in [0, 0.05) is 29.8 Å². The second kappa shape index (κ2) is 8.00. The maximum Gasteiger partial charge on any atom is 0.328 e. The number of hydrogen-bond donors (Lipinski definition) is 6. The van der Waals surface area contributed by atoms with Crippen molar-refractivity contribution in [3.8, 4) is 11.5 Å². The van der Waals surface area contributed by atoms with Crippen LogP contribution >= 0.6 is 0 Å². The fraction of sp³-hybridized carbons (Fsp3) is 0.412. The van der Waals surface area contributed by atoms with E-state index in [2.05, 4.69) is 5.32 Å². The highest BCUT2D eigenvalue weighted by atomic mass is 16.4. The lowest BCUT2D eigenvalue weighted by Crippen LogP contribution is -2.39. The summed E-state index contributed by atoms with van der Waals surface area (Å²) in [5.74, 6) is -2.70. The molecule has 8 nitrogen and oxygen atoms in total. The van der Waals surface area contributed by atoms with E-state index >= 15 is 0 Å². The molecule has 0 bridgehead atoms. The standard InChI is InChI=1S/C13H17NO3.C4H4O4/c15-11-6-4-8-9(13(11)17)3-5-10(12(8)16)14-7-1-2-7;5-3(6)1-2-4(7)8/h4,6-7,10,12,14-17H,1-3,5H2;1-2H,(H,5,6)(H,7,8)/b;2-1+. The molecule has 8 heteroatoms. The van der Waals surface area contributed by atoms with Gasteiger partial charge in [-0.3, -0.25) is 0 Å². The van der Waals surface area contributed by atoms with Crippen molar-refractivity contribution in [1.29, 1.82) is 0 Å². The Labute approximate surface area is 144 Å². The van der Waals surface area contributed by atoms with Crippen LogP contribution in [0.2, 0.25) is 0 Å². The number of aromatic hydroxyl groups is 2. The van der Waals surface area contributed by atoms with E-state index in [0.717, 1.165) is 12.0 Å². The molecule has 1 aromatic rings. The van der Waals surface area contributed by atoms with Crippen molar-refractivity contribution in [2.75, 3.05) is 0 Å². The fourth-order valence-corrected chi connectivity index (χ4v) is 2.72. The Balaban J connectivity index is 0.000000242. The number of aliphatic carboxylic acids is 2. The van der Waals surface area contributed by atoms with Crippen LogP contribution in [0.15, 0.2) is 24.3 Å². The van der Waals surface area contributed by atoms with Crippen LogP contribution in [0.1, 0.15) is 36.5 Å². The molecule has 2 unspecified atom stereocenters. The molecule has 1 saturated carbocycles. The molecule has 0 amide bonds. The molecule has 2 aliphatic rings. The van der Waals surface area contributed by atoms with Crippen LogP contribution in [-0.4, -0.2) is 49.6 Å². The zero-order valence-corrected chi connectivity index (χ0v) is 13.4. The molecule has 0 spiro atoms. The summed E-state index contributed by atoms with van der Waals surface area (Å²) in [6.07, 6.45) is 4.39. The number of nitrogens with one attached hydrogen (secondary N) is 1. The van der Waals surface area contributed by atoms with Crippen molar-refractivity contribution >= 4 is 11.9 Å². The van der Waals surface area contributed by atoms with Crippen LogP contribution in [0.4, 0.5) is 0 Å². The van der Waals surface area contributed by atoms with Crippen LogP contribution in [0.5, 0.6) is 11.5 Å². The number of aliphatic hydroxyl groups is 1. The first-order valence-corrected chi connectivity index (χ1v) is 7.91. The van der Waals surface area contributed by atoms with E-state index in [1.165, 1.54) is 18.9 Å². The van der Waals surface area contributed by atoms with Gasteiger partial charge in [-0.05, 0) is 37.3 Å². The number of hydrogen-bond acceptors (Lipinski definition) is 6. The first-order valence-electron chi connectivity index (χ1n) is 7.91. The first kappa shape index (κ1) is 18.8. The summed E-state index contributed by atoms with van der Waals surface area (Å²) < 4.78 is 0. The van der Waals surface area contributed by atoms with Gasteiger partial charge in [0.15, 0.2) is 11.5 Å². The predicted octanol–water partition coefficient (Wildman–Crippen LogP) is 0.910. The van der Waals surface area contributed by atoms with E-state index in [1.54, 1.807) is 6.07 Å². The maximum absolute atomic E-state index is 10.3. The number of fused-ring (bicyclic) bond motifs is 1. The van der Waals surface area contributed by atoms with Crippen molar-refractivity contribution in [2.24, 2.45) is 0 Å². The molecule has 0 radical (unpaired) electrons. The molecular formula is C17H21NO7. The second-order valence-corrected chi connectivity index (χ2v) is 6.04. The Kier molecular flexibility index (Phi) is 6.00. The van der Waals surface area contributed by atoms with Gasteiger partial charge in [0.05, 0.1) is 6.10 Å². The third-order valence-electron chi connectivity index (χ3n) is 4.10. The quantitative estimate of drug-likeness (QED) is 0.346. The lowest BCUT2D eigenvalue weighted by Gasteiger charge is -2.31. The van der Waals surface area contributed by atoms with Gasteiger partial charge < -0.3 is 30.8 Å². The van der Waals surface area contributed by atoms with E-state index < -0.39 is 18.0 Å². The number of rotatable bonds is 4. The third-order valence-corrected chi connectivity index (χ3v) is 4.10. The fourth-order valence-electron chi connectivity index (χ4n) is 2.72. The Morgan fingerprint density at radius 3 is 2.16 bits per heavy atom. The molecule has 25 heavy (non-hydrogen) atoms. The van der Waals surface area contributed by atoms with Crippen LogP contribution in [-0.2, 0) is 16.0 Å². The number of aliphatic hydroxyl groups excluding tert-OH is 1. The molecule has 0 aromatic heterocycles. The van der Waals surface area contributed by atoms with Gasteiger partial charge in [-0.1, -0.05) is 6.07 Å². The maximum atomic E-state index is 10.3. The molecule has 2 atom stereocenters. The van der Waals surface area contributed by atoms with E-state index in [9.17, 15) is 24.9 Å². The van der Waals surface area contributed by atoms with Gasteiger partial charge in [-0.15, -0.1) is 0 Å². The van der Waals surface area contributed by atoms with Gasteiger partial charge in [-0.25, -0.2) is 9.59 Å². The molecule has 1 aromatic carbocycles. The first-order chi connectivity index (χ1) is 11.8. The Morgan fingerprint density at radius 1 is 1.04 bits per heavy atom. The average molecular weight is 351 g/mol. The summed E-state index contributed by atoms with van der Waals surface area (Å²) in [4.78, 5) is 19.1. The minimum absolute atomic E-state index is 0.0685. The van der Waals surface area contributed by atoms with Crippen molar-refractivity contribution in [1.82, 2.24) is 5.32 Å². The van der Waals surface area contributed by atoms with E-state index in [0.29, 0.717) is 30.2 Å². The van der Waals surface area contributed by atoms with Gasteiger partial charge in [0.1, 0.15) is 0 Å². The predicted molar refractivity (Wildman–Crippen MR) is 87.4 cm³/mol. The molecule has 1 fully saturated rings. The minimum Gasteiger partial charge on any atom is -0.504 e. The highest BCUT2D eigenvalue weighted by Gasteiger charge is 2.34. The van der Waals surface area contributed by atoms with Gasteiger partial charge >= 0.3 is 11.9 Å². The second-order valence-electron chi connectivity index (χ2n) is 6.04. The average Bonchev–Trinajstić information content (AvgIpc) is 3.36. The zero-order valence-electron chi connectivity index (χ0n) is 13.4. The lowest BCUT2D eigenvalue weighted by molar-refractivity contribution is -0.134. The molecule has 0 aliphatic heterocycles. The monoisotopic (exact) mass is 351 g/mol. The number of carbonyl (C=O) groups is 2. The molecule has 2 aliphatic carbocycles. The topological polar surface area (TPSA) is 147 Å². The summed E-state index contributed by atoms with van der Waals surface area (Å²) in [5.41, 5.74) is 1.43. The minimum atomic E-state index is -1.26. The zero-order chi connectivity index (χ0) is 18.6. The molecular weight excluding hydrogens is 330 g/mol. The molecule has 136 valence electrons. The Hall–Kier alpha value is -2.58.